The van der Waals surface area contributed by atoms with Crippen molar-refractivity contribution in [1.29, 1.82) is 0 Å². The fourth-order valence-corrected chi connectivity index (χ4v) is 4.43. The van der Waals surface area contributed by atoms with Gasteiger partial charge in [-0.25, -0.2) is 14.4 Å². The maximum atomic E-state index is 12.8. The normalized spacial score (nSPS) is 15.2. The Balaban J connectivity index is 0.000000566. The van der Waals surface area contributed by atoms with Crippen molar-refractivity contribution in [2.75, 3.05) is 52.9 Å². The van der Waals surface area contributed by atoms with E-state index in [9.17, 15) is 44.3 Å². The van der Waals surface area contributed by atoms with E-state index in [4.69, 9.17) is 29.7 Å². The quantitative estimate of drug-likeness (QED) is 0.228. The second kappa shape index (κ2) is 21.0. The van der Waals surface area contributed by atoms with Crippen LogP contribution in [0.15, 0.2) is 48.7 Å². The van der Waals surface area contributed by atoms with E-state index in [0.29, 0.717) is 12.1 Å². The van der Waals surface area contributed by atoms with Gasteiger partial charge in [0.2, 0.25) is 0 Å². The molecular formula is C31H38F9N7O7. The molecule has 1 unspecified atom stereocenters. The number of carbonyl (C=O) groups excluding carboxylic acids is 1. The molecule has 0 radical (unpaired) electrons. The molecule has 4 N–H and O–H groups in total. The Morgan fingerprint density at radius 1 is 0.796 bits per heavy atom. The van der Waals surface area contributed by atoms with E-state index >= 15 is 0 Å². The van der Waals surface area contributed by atoms with Crippen molar-refractivity contribution in [3.05, 3.63) is 65.6 Å². The number of aliphatic carboxylic acids is 3. The Kier molecular flexibility index (Phi) is 18.3. The van der Waals surface area contributed by atoms with E-state index in [-0.39, 0.29) is 11.9 Å². The molecule has 4 rings (SSSR count). The maximum Gasteiger partial charge on any atom is 0.490 e. The number of hydrogen-bond donors (Lipinski definition) is 4. The lowest BCUT2D eigenvalue weighted by molar-refractivity contribution is -0.193. The van der Waals surface area contributed by atoms with E-state index in [1.165, 1.54) is 5.56 Å². The summed E-state index contributed by atoms with van der Waals surface area (Å²) < 4.78 is 97.2. The molecule has 54 heavy (non-hydrogen) atoms. The fourth-order valence-electron chi connectivity index (χ4n) is 4.43. The molecule has 3 heterocycles. The van der Waals surface area contributed by atoms with Crippen LogP contribution >= 0.6 is 0 Å². The van der Waals surface area contributed by atoms with Gasteiger partial charge in [0.1, 0.15) is 0 Å². The first-order chi connectivity index (χ1) is 24.9. The van der Waals surface area contributed by atoms with Crippen LogP contribution in [-0.4, -0.2) is 140 Å². The van der Waals surface area contributed by atoms with Crippen molar-refractivity contribution < 1.29 is 74.0 Å². The minimum atomic E-state index is -5.08. The maximum absolute atomic E-state index is 12.8. The summed E-state index contributed by atoms with van der Waals surface area (Å²) in [5.41, 5.74) is 2.71. The van der Waals surface area contributed by atoms with Crippen molar-refractivity contribution >= 4 is 29.5 Å². The Morgan fingerprint density at radius 2 is 1.30 bits per heavy atom. The molecule has 23 heteroatoms. The first kappa shape index (κ1) is 47.0. The zero-order valence-electron chi connectivity index (χ0n) is 28.9. The lowest BCUT2D eigenvalue weighted by atomic mass is 10.1. The predicted molar refractivity (Wildman–Crippen MR) is 171 cm³/mol. The first-order valence-electron chi connectivity index (χ1n) is 15.6. The van der Waals surface area contributed by atoms with Crippen molar-refractivity contribution in [3.8, 4) is 0 Å². The van der Waals surface area contributed by atoms with Crippen LogP contribution in [0.3, 0.4) is 0 Å². The van der Waals surface area contributed by atoms with Gasteiger partial charge < -0.3 is 25.5 Å². The molecule has 2 aromatic heterocycles. The van der Waals surface area contributed by atoms with Crippen molar-refractivity contribution in [2.45, 2.75) is 45.0 Å². The Morgan fingerprint density at radius 3 is 1.76 bits per heavy atom. The number of likely N-dealkylation sites (N-methyl/N-ethyl adjacent to an activating group) is 2. The first-order valence-corrected chi connectivity index (χ1v) is 15.6. The fraction of sp³-hybridized carbons (Fsp3) is 0.484. The number of carboxylic acid groups (broad SMARTS) is 3. The van der Waals surface area contributed by atoms with Crippen LogP contribution in [0.2, 0.25) is 0 Å². The van der Waals surface area contributed by atoms with Gasteiger partial charge in [-0.05, 0) is 37.8 Å². The third-order valence-corrected chi connectivity index (χ3v) is 7.31. The number of halogens is 9. The summed E-state index contributed by atoms with van der Waals surface area (Å²) >= 11 is 0. The molecule has 14 nitrogen and oxygen atoms in total. The smallest absolute Gasteiger partial charge is 0.475 e. The zero-order valence-corrected chi connectivity index (χ0v) is 28.9. The van der Waals surface area contributed by atoms with E-state index in [0.717, 1.165) is 57.3 Å². The second-order valence-corrected chi connectivity index (χ2v) is 11.1. The molecule has 0 bridgehead atoms. The number of alkyl halides is 9. The Hall–Kier alpha value is -5.03. The number of benzene rings is 1. The molecule has 302 valence electrons. The third-order valence-electron chi connectivity index (χ3n) is 7.31. The minimum absolute atomic E-state index is 0.0635. The minimum Gasteiger partial charge on any atom is -0.475 e. The Bertz CT molecular complexity index is 1590. The number of aromatic nitrogens is 3. The number of carboxylic acids is 3. The van der Waals surface area contributed by atoms with Crippen LogP contribution in [0.25, 0.3) is 5.65 Å². The summed E-state index contributed by atoms with van der Waals surface area (Å²) in [7, 11) is 2.13. The average molecular weight is 792 g/mol. The lowest BCUT2D eigenvalue weighted by Crippen LogP contribution is -2.46. The summed E-state index contributed by atoms with van der Waals surface area (Å²) in [6, 6.07) is 14.4. The average Bonchev–Trinajstić information content (AvgIpc) is 3.51. The molecule has 3 aromatic rings. The van der Waals surface area contributed by atoms with Crippen molar-refractivity contribution in [3.63, 3.8) is 0 Å². The molecule has 1 fully saturated rings. The van der Waals surface area contributed by atoms with Crippen LogP contribution in [0.1, 0.15) is 41.6 Å². The number of nitrogens with zero attached hydrogens (tertiary/aromatic N) is 6. The highest BCUT2D eigenvalue weighted by Crippen LogP contribution is 2.25. The van der Waals surface area contributed by atoms with Gasteiger partial charge >= 0.3 is 36.4 Å². The zero-order chi connectivity index (χ0) is 41.4. The number of carbonyl (C=O) groups is 4. The van der Waals surface area contributed by atoms with Gasteiger partial charge in [-0.3, -0.25) is 19.0 Å². The van der Waals surface area contributed by atoms with Crippen LogP contribution in [-0.2, 0) is 20.9 Å². The van der Waals surface area contributed by atoms with Gasteiger partial charge in [0, 0.05) is 45.5 Å². The summed E-state index contributed by atoms with van der Waals surface area (Å²) in [5, 5.41) is 33.3. The highest BCUT2D eigenvalue weighted by atomic mass is 19.4. The van der Waals surface area contributed by atoms with Gasteiger partial charge in [0.25, 0.3) is 5.91 Å². The molecule has 1 aliphatic heterocycles. The van der Waals surface area contributed by atoms with Gasteiger partial charge in [-0.2, -0.15) is 39.5 Å². The molecule has 1 aromatic carbocycles. The van der Waals surface area contributed by atoms with Gasteiger partial charge in [0.15, 0.2) is 11.5 Å². The van der Waals surface area contributed by atoms with Gasteiger partial charge in [0.05, 0.1) is 11.6 Å². The standard InChI is InChI=1S/C25H35N7O.3C2HF3O2/c1-4-30(5-2)14-13-26-25(33)21-11-12-23-27-28-24(32(23)18-21)22-19-31(16-15-29(22)3)17-20-9-7-6-8-10-20;3*3-2(4,5)1(6)7/h6-12,18,22H,4-5,13-17,19H2,1-3H3,(H,26,33);3*(H,6,7). The number of amides is 1. The van der Waals surface area contributed by atoms with Crippen LogP contribution in [0.5, 0.6) is 0 Å². The summed E-state index contributed by atoms with van der Waals surface area (Å²) in [4.78, 5) is 46.5. The topological polar surface area (TPSA) is 181 Å². The van der Waals surface area contributed by atoms with Crippen molar-refractivity contribution in [1.82, 2.24) is 34.6 Å². The summed E-state index contributed by atoms with van der Waals surface area (Å²) in [5.74, 6) is -7.46. The number of pyridine rings is 1. The number of rotatable bonds is 9. The summed E-state index contributed by atoms with van der Waals surface area (Å²) in [6.45, 7) is 11.5. The van der Waals surface area contributed by atoms with E-state index in [2.05, 4.69) is 81.4 Å². The van der Waals surface area contributed by atoms with Crippen molar-refractivity contribution in [2.24, 2.45) is 0 Å². The molecule has 1 atom stereocenters. The van der Waals surface area contributed by atoms with E-state index < -0.39 is 36.4 Å². The lowest BCUT2D eigenvalue weighted by Gasteiger charge is -2.38. The Labute approximate surface area is 301 Å². The van der Waals surface area contributed by atoms with E-state index in [1.54, 1.807) is 0 Å². The van der Waals surface area contributed by atoms with E-state index in [1.807, 2.05) is 22.7 Å². The van der Waals surface area contributed by atoms with Crippen LogP contribution in [0.4, 0.5) is 39.5 Å². The molecule has 0 aliphatic carbocycles. The molecule has 1 aliphatic rings. The molecule has 1 amide bonds. The highest BCUT2D eigenvalue weighted by molar-refractivity contribution is 5.94. The predicted octanol–water partition coefficient (Wildman–Crippen LogP) is 4.19. The van der Waals surface area contributed by atoms with Gasteiger partial charge in [-0.15, -0.1) is 10.2 Å². The monoisotopic (exact) mass is 791 g/mol. The number of fused-ring (bicyclic) bond motifs is 1. The molecular weight excluding hydrogens is 753 g/mol. The molecule has 0 saturated carbocycles. The van der Waals surface area contributed by atoms with Crippen LogP contribution in [0, 0.1) is 0 Å². The highest BCUT2D eigenvalue weighted by Gasteiger charge is 2.39. The number of piperazine rings is 1. The SMILES string of the molecule is CCN(CC)CCNC(=O)c1ccc2nnc(C3CN(Cc4ccccc4)CCN3C)n2c1.O=C(O)C(F)(F)F.O=C(O)C(F)(F)F.O=C(O)C(F)(F)F. The third kappa shape index (κ3) is 16.3. The molecule has 1 saturated heterocycles. The second-order valence-electron chi connectivity index (χ2n) is 11.1. The number of hydrogen-bond acceptors (Lipinski definition) is 9. The van der Waals surface area contributed by atoms with Gasteiger partial charge in [-0.1, -0.05) is 44.2 Å². The largest absolute Gasteiger partial charge is 0.490 e. The number of nitrogens with one attached hydrogen (secondary N) is 1. The molecule has 0 spiro atoms. The van der Waals surface area contributed by atoms with Crippen LogP contribution < -0.4 is 5.32 Å². The summed E-state index contributed by atoms with van der Waals surface area (Å²) in [6.07, 6.45) is -13.4.